The zero-order chi connectivity index (χ0) is 28.5. The zero-order valence-electron chi connectivity index (χ0n) is 22.0. The van der Waals surface area contributed by atoms with Crippen molar-refractivity contribution in [3.63, 3.8) is 0 Å². The van der Waals surface area contributed by atoms with Gasteiger partial charge in [-0.15, -0.1) is 0 Å². The van der Waals surface area contributed by atoms with Crippen molar-refractivity contribution in [2.75, 3.05) is 17.7 Å². The molecule has 206 valence electrons. The summed E-state index contributed by atoms with van der Waals surface area (Å²) in [6, 6.07) is 28.3. The summed E-state index contributed by atoms with van der Waals surface area (Å²) in [5, 5.41) is 4.72. The Morgan fingerprint density at radius 1 is 0.925 bits per heavy atom. The van der Waals surface area contributed by atoms with Gasteiger partial charge in [-0.3, -0.25) is 9.10 Å². The maximum Gasteiger partial charge on any atom is 0.273 e. The number of carbonyl (C=O) groups excluding carboxylic acids is 1. The second kappa shape index (κ2) is 13.1. The molecule has 0 saturated carbocycles. The van der Waals surface area contributed by atoms with E-state index in [-0.39, 0.29) is 17.8 Å². The summed E-state index contributed by atoms with van der Waals surface area (Å²) < 4.78 is 37.9. The highest BCUT2D eigenvalue weighted by atomic mass is 35.5. The molecule has 4 rings (SSSR count). The Morgan fingerprint density at radius 3 is 2.33 bits per heavy atom. The standard InChI is InChI=1S/C30H28ClN3O5S/c1-38-29-18-24(14-17-28(29)39-21-23-12-15-25(31)16-13-23)19-32-33-30(35)26-10-6-7-11-27(26)34(40(2,36)37)20-22-8-4-3-5-9-22/h3-19H,20-21H2,1-2H3,(H,33,35)/b32-19+. The molecule has 0 fully saturated rings. The Kier molecular flexibility index (Phi) is 9.42. The minimum absolute atomic E-state index is 0.0828. The Morgan fingerprint density at radius 2 is 1.62 bits per heavy atom. The normalized spacial score (nSPS) is 11.3. The van der Waals surface area contributed by atoms with Crippen LogP contribution in [0.1, 0.15) is 27.0 Å². The predicted octanol–water partition coefficient (Wildman–Crippen LogP) is 5.66. The van der Waals surface area contributed by atoms with Crippen LogP contribution in [0.25, 0.3) is 0 Å². The largest absolute Gasteiger partial charge is 0.493 e. The second-order valence-electron chi connectivity index (χ2n) is 8.80. The molecular weight excluding hydrogens is 550 g/mol. The first-order valence-electron chi connectivity index (χ1n) is 12.2. The average Bonchev–Trinajstić information content (AvgIpc) is 2.96. The number of halogens is 1. The summed E-state index contributed by atoms with van der Waals surface area (Å²) in [5.41, 5.74) is 5.32. The molecule has 1 amide bonds. The Hall–Kier alpha value is -4.34. The molecule has 0 aliphatic rings. The Bertz CT molecular complexity index is 1590. The smallest absolute Gasteiger partial charge is 0.273 e. The van der Waals surface area contributed by atoms with Gasteiger partial charge in [0.05, 0.1) is 37.4 Å². The van der Waals surface area contributed by atoms with Crippen molar-refractivity contribution in [2.45, 2.75) is 13.2 Å². The van der Waals surface area contributed by atoms with Crippen molar-refractivity contribution >= 4 is 39.4 Å². The van der Waals surface area contributed by atoms with E-state index in [0.29, 0.717) is 28.7 Å². The van der Waals surface area contributed by atoms with Crippen molar-refractivity contribution in [1.82, 2.24) is 5.43 Å². The molecule has 1 N–H and O–H groups in total. The number of sulfonamides is 1. The third-order valence-corrected chi connectivity index (χ3v) is 7.24. The van der Waals surface area contributed by atoms with Crippen LogP contribution in [0.15, 0.2) is 102 Å². The molecule has 40 heavy (non-hydrogen) atoms. The van der Waals surface area contributed by atoms with Gasteiger partial charge in [0.15, 0.2) is 11.5 Å². The number of rotatable bonds is 11. The van der Waals surface area contributed by atoms with Gasteiger partial charge in [0.1, 0.15) is 6.61 Å². The number of para-hydroxylation sites is 1. The fourth-order valence-corrected chi connectivity index (χ4v) is 4.89. The minimum atomic E-state index is -3.69. The predicted molar refractivity (Wildman–Crippen MR) is 158 cm³/mol. The van der Waals surface area contributed by atoms with Crippen molar-refractivity contribution in [2.24, 2.45) is 5.10 Å². The monoisotopic (exact) mass is 577 g/mol. The first-order chi connectivity index (χ1) is 19.2. The van der Waals surface area contributed by atoms with Crippen LogP contribution in [0.2, 0.25) is 5.02 Å². The molecule has 0 unspecified atom stereocenters. The van der Waals surface area contributed by atoms with Crippen LogP contribution in [-0.2, 0) is 23.2 Å². The molecule has 0 saturated heterocycles. The van der Waals surface area contributed by atoms with Crippen LogP contribution in [0.4, 0.5) is 5.69 Å². The molecular formula is C30H28ClN3O5S. The number of anilines is 1. The lowest BCUT2D eigenvalue weighted by Gasteiger charge is -2.24. The molecule has 0 radical (unpaired) electrons. The maximum atomic E-state index is 13.1. The minimum Gasteiger partial charge on any atom is -0.493 e. The molecule has 0 spiro atoms. The van der Waals surface area contributed by atoms with Crippen molar-refractivity contribution in [3.8, 4) is 11.5 Å². The molecule has 4 aromatic carbocycles. The molecule has 0 aliphatic heterocycles. The summed E-state index contributed by atoms with van der Waals surface area (Å²) >= 11 is 5.93. The molecule has 8 nitrogen and oxygen atoms in total. The Balaban J connectivity index is 1.47. The van der Waals surface area contributed by atoms with Gasteiger partial charge in [0, 0.05) is 5.02 Å². The number of ether oxygens (including phenoxy) is 2. The van der Waals surface area contributed by atoms with Crippen LogP contribution in [0.5, 0.6) is 11.5 Å². The fraction of sp³-hybridized carbons (Fsp3) is 0.133. The average molecular weight is 578 g/mol. The maximum absolute atomic E-state index is 13.1. The molecule has 0 aliphatic carbocycles. The van der Waals surface area contributed by atoms with E-state index in [0.717, 1.165) is 17.4 Å². The third-order valence-electron chi connectivity index (χ3n) is 5.86. The van der Waals surface area contributed by atoms with Crippen molar-refractivity contribution in [1.29, 1.82) is 0 Å². The number of hydrogen-bond donors (Lipinski definition) is 1. The number of methoxy groups -OCH3 is 1. The van der Waals surface area contributed by atoms with E-state index in [2.05, 4.69) is 10.5 Å². The first-order valence-corrected chi connectivity index (χ1v) is 14.5. The van der Waals surface area contributed by atoms with Crippen LogP contribution in [0, 0.1) is 0 Å². The van der Waals surface area contributed by atoms with E-state index < -0.39 is 15.9 Å². The van der Waals surface area contributed by atoms with E-state index in [1.54, 1.807) is 54.6 Å². The lowest BCUT2D eigenvalue weighted by Crippen LogP contribution is -2.32. The van der Waals surface area contributed by atoms with Crippen LogP contribution < -0.4 is 19.2 Å². The van der Waals surface area contributed by atoms with E-state index in [1.165, 1.54) is 17.6 Å². The summed E-state index contributed by atoms with van der Waals surface area (Å²) in [6.07, 6.45) is 2.57. The fourth-order valence-electron chi connectivity index (χ4n) is 3.86. The van der Waals surface area contributed by atoms with Crippen LogP contribution in [0.3, 0.4) is 0 Å². The Labute approximate surface area is 238 Å². The number of amides is 1. The molecule has 0 atom stereocenters. The van der Waals surface area contributed by atoms with E-state index in [9.17, 15) is 13.2 Å². The SMILES string of the molecule is COc1cc(/C=N/NC(=O)c2ccccc2N(Cc2ccccc2)S(C)(=O)=O)ccc1OCc1ccc(Cl)cc1. The molecule has 0 heterocycles. The molecule has 0 aromatic heterocycles. The lowest BCUT2D eigenvalue weighted by atomic mass is 10.1. The van der Waals surface area contributed by atoms with Crippen molar-refractivity contribution < 1.29 is 22.7 Å². The van der Waals surface area contributed by atoms with Gasteiger partial charge >= 0.3 is 0 Å². The number of nitrogens with zero attached hydrogens (tertiary/aromatic N) is 2. The van der Waals surface area contributed by atoms with Crippen LogP contribution >= 0.6 is 11.6 Å². The quantitative estimate of drug-likeness (QED) is 0.183. The molecule has 4 aromatic rings. The number of nitrogens with one attached hydrogen (secondary N) is 1. The number of hydrazone groups is 1. The van der Waals surface area contributed by atoms with Gasteiger partial charge in [-0.2, -0.15) is 5.10 Å². The molecule has 0 bridgehead atoms. The van der Waals surface area contributed by atoms with Gasteiger partial charge in [0.25, 0.3) is 5.91 Å². The molecule has 10 heteroatoms. The number of carbonyl (C=O) groups is 1. The topological polar surface area (TPSA) is 97.3 Å². The first kappa shape index (κ1) is 28.7. The van der Waals surface area contributed by atoms with Gasteiger partial charge in [-0.05, 0) is 59.2 Å². The number of benzene rings is 4. The summed E-state index contributed by atoms with van der Waals surface area (Å²) in [5.74, 6) is 0.495. The summed E-state index contributed by atoms with van der Waals surface area (Å²) in [6.45, 7) is 0.421. The highest BCUT2D eigenvalue weighted by Crippen LogP contribution is 2.29. The second-order valence-corrected chi connectivity index (χ2v) is 11.1. The van der Waals surface area contributed by atoms with Gasteiger partial charge < -0.3 is 9.47 Å². The zero-order valence-corrected chi connectivity index (χ0v) is 23.5. The van der Waals surface area contributed by atoms with E-state index >= 15 is 0 Å². The van der Waals surface area contributed by atoms with Crippen molar-refractivity contribution in [3.05, 3.63) is 124 Å². The highest BCUT2D eigenvalue weighted by molar-refractivity contribution is 7.92. The number of hydrogen-bond acceptors (Lipinski definition) is 6. The van der Waals surface area contributed by atoms with Crippen LogP contribution in [-0.4, -0.2) is 33.9 Å². The lowest BCUT2D eigenvalue weighted by molar-refractivity contribution is 0.0955. The third kappa shape index (κ3) is 7.62. The van der Waals surface area contributed by atoms with Gasteiger partial charge in [0.2, 0.25) is 10.0 Å². The van der Waals surface area contributed by atoms with E-state index in [1.807, 2.05) is 42.5 Å². The van der Waals surface area contributed by atoms with E-state index in [4.69, 9.17) is 21.1 Å². The summed E-state index contributed by atoms with van der Waals surface area (Å²) in [7, 11) is -2.15. The van der Waals surface area contributed by atoms with Gasteiger partial charge in [-0.25, -0.2) is 13.8 Å². The summed E-state index contributed by atoms with van der Waals surface area (Å²) in [4.78, 5) is 13.1. The highest BCUT2D eigenvalue weighted by Gasteiger charge is 2.23. The van der Waals surface area contributed by atoms with Gasteiger partial charge in [-0.1, -0.05) is 66.2 Å².